The van der Waals surface area contributed by atoms with E-state index in [4.69, 9.17) is 18.9 Å². The Bertz CT molecular complexity index is 1400. The highest BCUT2D eigenvalue weighted by Gasteiger charge is 2.51. The molecule has 0 aromatic heterocycles. The average Bonchev–Trinajstić information content (AvgIpc) is 3.48. The summed E-state index contributed by atoms with van der Waals surface area (Å²) in [5, 5.41) is 87.4. The third kappa shape index (κ3) is 34.8. The molecule has 0 radical (unpaired) electrons. The zero-order chi connectivity index (χ0) is 56.7. The van der Waals surface area contributed by atoms with Gasteiger partial charge in [-0.25, -0.2) is 0 Å². The van der Waals surface area contributed by atoms with E-state index in [1.807, 2.05) is 0 Å². The zero-order valence-electron chi connectivity index (χ0n) is 49.7. The van der Waals surface area contributed by atoms with E-state index in [-0.39, 0.29) is 12.5 Å². The first-order valence-corrected chi connectivity index (χ1v) is 32.6. The van der Waals surface area contributed by atoms with Gasteiger partial charge < -0.3 is 65.1 Å². The molecule has 2 heterocycles. The molecule has 0 bridgehead atoms. The number of hydrogen-bond acceptors (Lipinski definition) is 13. The first kappa shape index (κ1) is 72.6. The van der Waals surface area contributed by atoms with Crippen molar-refractivity contribution < 1.29 is 64.6 Å². The summed E-state index contributed by atoms with van der Waals surface area (Å²) >= 11 is 0. The second-order valence-corrected chi connectivity index (χ2v) is 23.2. The lowest BCUT2D eigenvalue weighted by atomic mass is 9.97. The predicted octanol–water partition coefficient (Wildman–Crippen LogP) is 12.0. The van der Waals surface area contributed by atoms with Gasteiger partial charge in [0.1, 0.15) is 48.8 Å². The van der Waals surface area contributed by atoms with Crippen LogP contribution in [0.25, 0.3) is 0 Å². The Balaban J connectivity index is 1.71. The summed E-state index contributed by atoms with van der Waals surface area (Å²) in [4.78, 5) is 13.3. The van der Waals surface area contributed by atoms with Crippen LogP contribution >= 0.6 is 0 Å². The molecule has 1 amide bonds. The maximum atomic E-state index is 13.3. The van der Waals surface area contributed by atoms with Crippen molar-refractivity contribution in [1.29, 1.82) is 0 Å². The highest BCUT2D eigenvalue weighted by molar-refractivity contribution is 5.76. The minimum atomic E-state index is -1.78. The number of amides is 1. The first-order valence-electron chi connectivity index (χ1n) is 32.6. The number of aliphatic hydroxyl groups is 8. The van der Waals surface area contributed by atoms with Crippen LogP contribution in [0.3, 0.4) is 0 Å². The van der Waals surface area contributed by atoms with Gasteiger partial charge in [-0.2, -0.15) is 0 Å². The van der Waals surface area contributed by atoms with E-state index in [2.05, 4.69) is 43.5 Å². The maximum absolute atomic E-state index is 13.3. The second-order valence-electron chi connectivity index (χ2n) is 23.2. The van der Waals surface area contributed by atoms with Crippen LogP contribution in [-0.4, -0.2) is 140 Å². The minimum absolute atomic E-state index is 0.208. The molecule has 0 aliphatic carbocycles. The topological polar surface area (TPSA) is 228 Å². The molecular weight excluding hydrogens is 991 g/mol. The van der Waals surface area contributed by atoms with Gasteiger partial charge in [-0.3, -0.25) is 4.79 Å². The molecule has 0 spiro atoms. The number of carbonyl (C=O) groups is 1. The van der Waals surface area contributed by atoms with Crippen molar-refractivity contribution >= 4 is 5.91 Å². The highest BCUT2D eigenvalue weighted by atomic mass is 16.7. The van der Waals surface area contributed by atoms with Crippen molar-refractivity contribution in [2.45, 2.75) is 357 Å². The number of aliphatic hydroxyl groups excluding tert-OH is 8. The van der Waals surface area contributed by atoms with Crippen LogP contribution in [0.5, 0.6) is 0 Å². The molecule has 0 aromatic carbocycles. The van der Waals surface area contributed by atoms with Crippen molar-refractivity contribution in [3.8, 4) is 0 Å². The summed E-state index contributed by atoms with van der Waals surface area (Å²) in [5.41, 5.74) is 0. The summed E-state index contributed by atoms with van der Waals surface area (Å²) in [5.74, 6) is -0.208. The van der Waals surface area contributed by atoms with Gasteiger partial charge in [0.05, 0.1) is 32.0 Å². The Morgan fingerprint density at radius 2 is 0.846 bits per heavy atom. The molecule has 78 heavy (non-hydrogen) atoms. The maximum Gasteiger partial charge on any atom is 0.220 e. The van der Waals surface area contributed by atoms with E-state index >= 15 is 0 Å². The molecular formula is C64H121NO13. The molecule has 0 saturated carbocycles. The van der Waals surface area contributed by atoms with Crippen LogP contribution < -0.4 is 5.32 Å². The number of rotatable bonds is 53. The molecule has 12 unspecified atom stereocenters. The van der Waals surface area contributed by atoms with E-state index in [1.54, 1.807) is 0 Å². The lowest BCUT2D eigenvalue weighted by Crippen LogP contribution is -2.65. The minimum Gasteiger partial charge on any atom is -0.394 e. The van der Waals surface area contributed by atoms with Gasteiger partial charge in [-0.1, -0.05) is 256 Å². The molecule has 14 nitrogen and oxygen atoms in total. The summed E-state index contributed by atoms with van der Waals surface area (Å²) < 4.78 is 22.9. The number of unbranched alkanes of at least 4 members (excludes halogenated alkanes) is 36. The average molecular weight is 1110 g/mol. The Hall–Kier alpha value is -1.53. The zero-order valence-corrected chi connectivity index (χ0v) is 49.7. The van der Waals surface area contributed by atoms with E-state index in [0.717, 1.165) is 64.2 Å². The van der Waals surface area contributed by atoms with Gasteiger partial charge in [0, 0.05) is 6.42 Å². The van der Waals surface area contributed by atoms with Gasteiger partial charge in [0.15, 0.2) is 12.6 Å². The smallest absolute Gasteiger partial charge is 0.220 e. The summed E-state index contributed by atoms with van der Waals surface area (Å²) in [6, 6.07) is -0.830. The molecule has 2 fully saturated rings. The lowest BCUT2D eigenvalue weighted by molar-refractivity contribution is -0.359. The Kier molecular flexibility index (Phi) is 46.5. The number of ether oxygens (including phenoxy) is 4. The van der Waals surface area contributed by atoms with Crippen molar-refractivity contribution in [1.82, 2.24) is 5.32 Å². The fraction of sp³-hybridized carbons (Fsp3) is 0.922. The summed E-state index contributed by atoms with van der Waals surface area (Å²) in [7, 11) is 0. The molecule has 2 aliphatic rings. The Morgan fingerprint density at radius 1 is 0.462 bits per heavy atom. The predicted molar refractivity (Wildman–Crippen MR) is 314 cm³/mol. The Labute approximate surface area is 475 Å². The number of nitrogens with one attached hydrogen (secondary N) is 1. The van der Waals surface area contributed by atoms with Crippen molar-refractivity contribution in [3.63, 3.8) is 0 Å². The van der Waals surface area contributed by atoms with Crippen molar-refractivity contribution in [2.75, 3.05) is 19.8 Å². The van der Waals surface area contributed by atoms with Crippen molar-refractivity contribution in [3.05, 3.63) is 24.3 Å². The number of carbonyl (C=O) groups excluding carboxylic acids is 1. The number of hydrogen-bond donors (Lipinski definition) is 9. The molecule has 9 N–H and O–H groups in total. The van der Waals surface area contributed by atoms with Crippen LogP contribution in [-0.2, 0) is 23.7 Å². The van der Waals surface area contributed by atoms with Crippen LogP contribution in [0, 0.1) is 0 Å². The Morgan fingerprint density at radius 3 is 1.31 bits per heavy atom. The van der Waals surface area contributed by atoms with E-state index in [9.17, 15) is 45.6 Å². The molecule has 2 saturated heterocycles. The van der Waals surface area contributed by atoms with Crippen LogP contribution in [0.1, 0.15) is 284 Å². The summed E-state index contributed by atoms with van der Waals surface area (Å²) in [6.07, 6.45) is 43.2. The third-order valence-corrected chi connectivity index (χ3v) is 16.2. The fourth-order valence-electron chi connectivity index (χ4n) is 10.9. The number of allylic oxidation sites excluding steroid dienone is 4. The largest absolute Gasteiger partial charge is 0.394 e. The van der Waals surface area contributed by atoms with E-state index in [0.29, 0.717) is 12.8 Å². The van der Waals surface area contributed by atoms with Gasteiger partial charge in [0.25, 0.3) is 0 Å². The molecule has 14 heteroatoms. The van der Waals surface area contributed by atoms with Gasteiger partial charge in [0.2, 0.25) is 5.91 Å². The molecule has 0 aromatic rings. The molecule has 12 atom stereocenters. The SMILES string of the molecule is CCCCC/C=C\C/C=C\CCCCCCCCCCCC(=O)NC(COC1OC(CO)C(OC2OC(CO)C(O)C(O)C2O)C(O)C1O)C(O)CCCCCCCCCCCCCCCCCCCCCCCCCCC. The van der Waals surface area contributed by atoms with E-state index < -0.39 is 86.8 Å². The van der Waals surface area contributed by atoms with Gasteiger partial charge in [-0.05, 0) is 44.9 Å². The van der Waals surface area contributed by atoms with Crippen LogP contribution in [0.4, 0.5) is 0 Å². The van der Waals surface area contributed by atoms with Gasteiger partial charge in [-0.15, -0.1) is 0 Å². The highest BCUT2D eigenvalue weighted by Crippen LogP contribution is 2.30. The third-order valence-electron chi connectivity index (χ3n) is 16.2. The second kappa shape index (κ2) is 50.0. The molecule has 460 valence electrons. The quantitative estimate of drug-likeness (QED) is 0.0204. The molecule has 2 rings (SSSR count). The van der Waals surface area contributed by atoms with Crippen molar-refractivity contribution in [2.24, 2.45) is 0 Å². The fourth-order valence-corrected chi connectivity index (χ4v) is 10.9. The lowest BCUT2D eigenvalue weighted by Gasteiger charge is -2.46. The standard InChI is InChI=1S/C64H121NO13/c1-3-5-7-9-11-13-15-17-19-21-23-24-25-26-27-28-30-31-33-35-37-39-41-43-45-47-53(68)52(65-56(69)48-46-44-42-40-38-36-34-32-29-22-20-18-16-14-12-10-8-6-4-2)51-75-63-61(74)59(72)62(55(50-67)77-63)78-64-60(73)58(71)57(70)54(49-66)76-64/h12,14,18,20,52-55,57-64,66-68,70-74H,3-11,13,15-17,19,21-51H2,1-2H3,(H,65,69)/b14-12-,20-18-. The molecule has 2 aliphatic heterocycles. The van der Waals surface area contributed by atoms with E-state index in [1.165, 1.54) is 193 Å². The van der Waals surface area contributed by atoms with Crippen LogP contribution in [0.15, 0.2) is 24.3 Å². The van der Waals surface area contributed by atoms with Crippen LogP contribution in [0.2, 0.25) is 0 Å². The first-order chi connectivity index (χ1) is 38.1. The normalized spacial score (nSPS) is 24.6. The monoisotopic (exact) mass is 1110 g/mol. The summed E-state index contributed by atoms with van der Waals surface area (Å²) in [6.45, 7) is 2.87. The van der Waals surface area contributed by atoms with Gasteiger partial charge >= 0.3 is 0 Å².